The van der Waals surface area contributed by atoms with Crippen molar-refractivity contribution in [3.8, 4) is 5.75 Å². The quantitative estimate of drug-likeness (QED) is 0.848. The Bertz CT molecular complexity index is 761. The molecule has 0 bridgehead atoms. The van der Waals surface area contributed by atoms with Crippen LogP contribution in [0.3, 0.4) is 0 Å². The van der Waals surface area contributed by atoms with Crippen molar-refractivity contribution in [1.29, 1.82) is 0 Å². The van der Waals surface area contributed by atoms with E-state index >= 15 is 0 Å². The Hall–Kier alpha value is -2.34. The second-order valence-electron chi connectivity index (χ2n) is 7.34. The van der Waals surface area contributed by atoms with Crippen molar-refractivity contribution in [2.45, 2.75) is 45.1 Å². The Morgan fingerprint density at radius 2 is 1.96 bits per heavy atom. The molecule has 0 unspecified atom stereocenters. The summed E-state index contributed by atoms with van der Waals surface area (Å²) < 4.78 is 7.30. The minimum absolute atomic E-state index is 0.0252. The van der Waals surface area contributed by atoms with Crippen molar-refractivity contribution in [2.75, 3.05) is 26.8 Å². The molecular formula is C21H29N3O3. The summed E-state index contributed by atoms with van der Waals surface area (Å²) in [5.41, 5.74) is 2.08. The number of benzene rings is 1. The van der Waals surface area contributed by atoms with Crippen LogP contribution >= 0.6 is 0 Å². The van der Waals surface area contributed by atoms with Gasteiger partial charge in [0.1, 0.15) is 11.6 Å². The molecule has 1 atom stereocenters. The molecule has 2 heterocycles. The first-order valence-corrected chi connectivity index (χ1v) is 9.58. The summed E-state index contributed by atoms with van der Waals surface area (Å²) in [4.78, 5) is 19.2. The predicted molar refractivity (Wildman–Crippen MR) is 104 cm³/mol. The van der Waals surface area contributed by atoms with Gasteiger partial charge in [0.25, 0.3) is 0 Å². The first-order chi connectivity index (χ1) is 13.0. The zero-order valence-electron chi connectivity index (χ0n) is 16.4. The third-order valence-electron chi connectivity index (χ3n) is 5.44. The lowest BCUT2D eigenvalue weighted by Gasteiger charge is -2.32. The number of aryl methyl sites for hydroxylation is 1. The molecule has 1 N–H and O–H groups in total. The number of imidazole rings is 1. The Morgan fingerprint density at radius 3 is 2.56 bits per heavy atom. The number of carbonyl (C=O) groups is 1. The Kier molecular flexibility index (Phi) is 6.16. The number of piperidine rings is 1. The van der Waals surface area contributed by atoms with Gasteiger partial charge in [0.15, 0.2) is 0 Å². The third kappa shape index (κ3) is 4.33. The number of nitrogens with zero attached hydrogens (tertiary/aromatic N) is 3. The lowest BCUT2D eigenvalue weighted by atomic mass is 9.95. The molecule has 146 valence electrons. The highest BCUT2D eigenvalue weighted by Gasteiger charge is 2.28. The van der Waals surface area contributed by atoms with Crippen molar-refractivity contribution in [2.24, 2.45) is 0 Å². The predicted octanol–water partition coefficient (Wildman–Crippen LogP) is 2.70. The Balaban J connectivity index is 1.59. The molecule has 3 rings (SSSR count). The number of hydrogen-bond donors (Lipinski definition) is 1. The van der Waals surface area contributed by atoms with Crippen molar-refractivity contribution in [3.05, 3.63) is 47.5 Å². The summed E-state index contributed by atoms with van der Waals surface area (Å²) in [6, 6.07) is 7.69. The number of likely N-dealkylation sites (tertiary alicyclic amines) is 1. The van der Waals surface area contributed by atoms with E-state index in [4.69, 9.17) is 4.74 Å². The number of methoxy groups -OCH3 is 1. The van der Waals surface area contributed by atoms with Crippen LogP contribution in [0, 0.1) is 6.92 Å². The van der Waals surface area contributed by atoms with Gasteiger partial charge in [-0.1, -0.05) is 12.1 Å². The fraction of sp³-hybridized carbons (Fsp3) is 0.524. The summed E-state index contributed by atoms with van der Waals surface area (Å²) in [6.07, 6.45) is 4.11. The van der Waals surface area contributed by atoms with Crippen LogP contribution < -0.4 is 4.74 Å². The van der Waals surface area contributed by atoms with Crippen LogP contribution in [0.25, 0.3) is 0 Å². The molecule has 6 heteroatoms. The molecule has 27 heavy (non-hydrogen) atoms. The van der Waals surface area contributed by atoms with Gasteiger partial charge in [-0.25, -0.2) is 4.98 Å². The van der Waals surface area contributed by atoms with Gasteiger partial charge in [0.2, 0.25) is 5.91 Å². The van der Waals surface area contributed by atoms with Crippen molar-refractivity contribution >= 4 is 5.91 Å². The third-order valence-corrected chi connectivity index (χ3v) is 5.44. The second-order valence-corrected chi connectivity index (χ2v) is 7.34. The molecule has 6 nitrogen and oxygen atoms in total. The summed E-state index contributed by atoms with van der Waals surface area (Å²) in [5, 5.41) is 9.53. The van der Waals surface area contributed by atoms with E-state index in [1.54, 1.807) is 7.11 Å². The Labute approximate surface area is 160 Å². The normalized spacial score (nSPS) is 16.4. The number of carbonyl (C=O) groups excluding carboxylic acids is 1. The minimum atomic E-state index is 0.0252. The zero-order valence-corrected chi connectivity index (χ0v) is 16.4. The highest BCUT2D eigenvalue weighted by molar-refractivity contribution is 5.78. The smallest absolute Gasteiger partial charge is 0.226 e. The van der Waals surface area contributed by atoms with E-state index in [0.29, 0.717) is 12.3 Å². The fourth-order valence-electron chi connectivity index (χ4n) is 3.84. The first-order valence-electron chi connectivity index (χ1n) is 9.58. The molecule has 1 aromatic heterocycles. The molecule has 1 aromatic carbocycles. The topological polar surface area (TPSA) is 67.6 Å². The van der Waals surface area contributed by atoms with Gasteiger partial charge in [-0.15, -0.1) is 0 Å². The largest absolute Gasteiger partial charge is 0.497 e. The molecular weight excluding hydrogens is 342 g/mol. The Morgan fingerprint density at radius 1 is 1.30 bits per heavy atom. The molecule has 1 amide bonds. The molecule has 2 aromatic rings. The monoisotopic (exact) mass is 371 g/mol. The number of aromatic nitrogens is 2. The van der Waals surface area contributed by atoms with Gasteiger partial charge in [-0.2, -0.15) is 0 Å². The number of amides is 1. The van der Waals surface area contributed by atoms with E-state index in [1.165, 1.54) is 0 Å². The van der Waals surface area contributed by atoms with Crippen LogP contribution in [0.1, 0.15) is 48.8 Å². The molecule has 0 saturated carbocycles. The highest BCUT2D eigenvalue weighted by atomic mass is 16.5. The van der Waals surface area contributed by atoms with Gasteiger partial charge in [0.05, 0.1) is 26.2 Å². The molecule has 1 fully saturated rings. The average molecular weight is 371 g/mol. The van der Waals surface area contributed by atoms with E-state index in [0.717, 1.165) is 48.8 Å². The van der Waals surface area contributed by atoms with Crippen LogP contribution in [-0.4, -0.2) is 52.3 Å². The number of hydrogen-bond acceptors (Lipinski definition) is 4. The van der Waals surface area contributed by atoms with Crippen LogP contribution in [-0.2, 0) is 11.2 Å². The SMILES string of the molecule is COc1ccc(CC(=O)N2CCC(c3ncc(C)n3[C@H](C)CO)CC2)cc1. The molecule has 0 aliphatic carbocycles. The van der Waals surface area contributed by atoms with Crippen molar-refractivity contribution in [1.82, 2.24) is 14.5 Å². The van der Waals surface area contributed by atoms with Gasteiger partial charge in [-0.05, 0) is 44.4 Å². The number of aliphatic hydroxyl groups is 1. The van der Waals surface area contributed by atoms with Gasteiger partial charge < -0.3 is 19.3 Å². The van der Waals surface area contributed by atoms with Crippen LogP contribution in [0.15, 0.2) is 30.5 Å². The molecule has 1 aliphatic rings. The maximum Gasteiger partial charge on any atom is 0.226 e. The lowest BCUT2D eigenvalue weighted by molar-refractivity contribution is -0.131. The number of aliphatic hydroxyl groups excluding tert-OH is 1. The maximum absolute atomic E-state index is 12.6. The van der Waals surface area contributed by atoms with E-state index in [1.807, 2.05) is 49.2 Å². The van der Waals surface area contributed by atoms with E-state index in [2.05, 4.69) is 9.55 Å². The average Bonchev–Trinajstić information content (AvgIpc) is 3.09. The van der Waals surface area contributed by atoms with Gasteiger partial charge in [-0.3, -0.25) is 4.79 Å². The van der Waals surface area contributed by atoms with Crippen molar-refractivity contribution < 1.29 is 14.6 Å². The maximum atomic E-state index is 12.6. The molecule has 0 radical (unpaired) electrons. The lowest BCUT2D eigenvalue weighted by Crippen LogP contribution is -2.39. The van der Waals surface area contributed by atoms with Crippen LogP contribution in [0.5, 0.6) is 5.75 Å². The van der Waals surface area contributed by atoms with Gasteiger partial charge >= 0.3 is 0 Å². The number of rotatable bonds is 6. The van der Waals surface area contributed by atoms with Crippen LogP contribution in [0.2, 0.25) is 0 Å². The van der Waals surface area contributed by atoms with E-state index in [-0.39, 0.29) is 18.6 Å². The summed E-state index contributed by atoms with van der Waals surface area (Å²) in [7, 11) is 1.64. The second kappa shape index (κ2) is 8.57. The van der Waals surface area contributed by atoms with Crippen molar-refractivity contribution in [3.63, 3.8) is 0 Å². The number of ether oxygens (including phenoxy) is 1. The minimum Gasteiger partial charge on any atom is -0.497 e. The fourth-order valence-corrected chi connectivity index (χ4v) is 3.84. The summed E-state index contributed by atoms with van der Waals surface area (Å²) >= 11 is 0. The highest BCUT2D eigenvalue weighted by Crippen LogP contribution is 2.30. The van der Waals surface area contributed by atoms with Crippen LogP contribution in [0.4, 0.5) is 0 Å². The first kappa shape index (κ1) is 19.4. The zero-order chi connectivity index (χ0) is 19.4. The van der Waals surface area contributed by atoms with E-state index < -0.39 is 0 Å². The standard InChI is InChI=1S/C21H29N3O3/c1-15-13-22-21(24(15)16(2)14-25)18-8-10-23(11-9-18)20(26)12-17-4-6-19(27-3)7-5-17/h4-7,13,16,18,25H,8-12,14H2,1-3H3/t16-/m1/s1. The molecule has 1 aliphatic heterocycles. The summed E-state index contributed by atoms with van der Waals surface area (Å²) in [6.45, 7) is 5.63. The van der Waals surface area contributed by atoms with E-state index in [9.17, 15) is 9.90 Å². The summed E-state index contributed by atoms with van der Waals surface area (Å²) in [5.74, 6) is 2.34. The molecule has 0 spiro atoms. The van der Waals surface area contributed by atoms with Gasteiger partial charge in [0, 0.05) is 30.9 Å². The molecule has 1 saturated heterocycles.